The van der Waals surface area contributed by atoms with Crippen molar-refractivity contribution < 1.29 is 0 Å². The van der Waals surface area contributed by atoms with Crippen molar-refractivity contribution in [2.75, 3.05) is 18.1 Å². The first-order valence-electron chi connectivity index (χ1n) is 5.72. The van der Waals surface area contributed by atoms with Crippen molar-refractivity contribution in [1.29, 1.82) is 0 Å². The van der Waals surface area contributed by atoms with E-state index in [1.54, 1.807) is 18.1 Å². The van der Waals surface area contributed by atoms with Crippen LogP contribution in [0.1, 0.15) is 20.3 Å². The van der Waals surface area contributed by atoms with Crippen LogP contribution in [0.3, 0.4) is 0 Å². The number of fused-ring (bicyclic) bond motifs is 1. The molecule has 2 N–H and O–H groups in total. The Morgan fingerprint density at radius 1 is 1.41 bits per heavy atom. The van der Waals surface area contributed by atoms with Crippen LogP contribution in [0.5, 0.6) is 0 Å². The van der Waals surface area contributed by atoms with E-state index in [2.05, 4.69) is 39.1 Å². The Balaban J connectivity index is 2.21. The molecule has 0 bridgehead atoms. The zero-order valence-electron chi connectivity index (χ0n) is 10.3. The van der Waals surface area contributed by atoms with E-state index >= 15 is 0 Å². The number of hydrogen-bond donors (Lipinski definition) is 2. The molecule has 0 aromatic carbocycles. The van der Waals surface area contributed by atoms with Gasteiger partial charge in [0.15, 0.2) is 5.65 Å². The van der Waals surface area contributed by atoms with E-state index in [1.807, 2.05) is 7.05 Å². The van der Waals surface area contributed by atoms with Crippen LogP contribution in [0.25, 0.3) is 11.2 Å². The van der Waals surface area contributed by atoms with E-state index in [-0.39, 0.29) is 0 Å². The van der Waals surface area contributed by atoms with Crippen molar-refractivity contribution in [3.63, 3.8) is 0 Å². The van der Waals surface area contributed by atoms with Crippen LogP contribution in [0, 0.1) is 5.92 Å². The number of nitrogens with zero attached hydrogens (tertiary/aromatic N) is 3. The summed E-state index contributed by atoms with van der Waals surface area (Å²) in [6.07, 6.45) is 2.84. The minimum Gasteiger partial charge on any atom is -0.357 e. The highest BCUT2D eigenvalue weighted by molar-refractivity contribution is 7.99. The van der Waals surface area contributed by atoms with Gasteiger partial charge in [-0.2, -0.15) is 4.98 Å². The van der Waals surface area contributed by atoms with Crippen LogP contribution in [0.2, 0.25) is 0 Å². The molecule has 0 aliphatic heterocycles. The maximum Gasteiger partial charge on any atom is 0.225 e. The Hall–Kier alpha value is -1.30. The van der Waals surface area contributed by atoms with Crippen molar-refractivity contribution in [3.05, 3.63) is 6.33 Å². The SMILES string of the molecule is CNc1nc(SCCC(C)C)c2[nH]cnc2n1. The monoisotopic (exact) mass is 251 g/mol. The fraction of sp³-hybridized carbons (Fsp3) is 0.545. The second-order valence-corrected chi connectivity index (χ2v) is 5.32. The molecule has 0 fully saturated rings. The molecule has 2 aromatic heterocycles. The van der Waals surface area contributed by atoms with Crippen LogP contribution >= 0.6 is 11.8 Å². The average Bonchev–Trinajstić information content (AvgIpc) is 2.76. The lowest BCUT2D eigenvalue weighted by atomic mass is 10.2. The van der Waals surface area contributed by atoms with E-state index in [0.29, 0.717) is 11.9 Å². The van der Waals surface area contributed by atoms with Gasteiger partial charge in [0.25, 0.3) is 0 Å². The number of anilines is 1. The summed E-state index contributed by atoms with van der Waals surface area (Å²) in [7, 11) is 1.82. The molecule has 0 spiro atoms. The molecule has 92 valence electrons. The molecular weight excluding hydrogens is 234 g/mol. The molecule has 2 heterocycles. The van der Waals surface area contributed by atoms with Gasteiger partial charge in [0, 0.05) is 7.05 Å². The summed E-state index contributed by atoms with van der Waals surface area (Å²) in [5, 5.41) is 3.93. The summed E-state index contributed by atoms with van der Waals surface area (Å²) < 4.78 is 0. The predicted octanol–water partition coefficient (Wildman–Crippen LogP) is 2.53. The molecule has 0 saturated heterocycles. The standard InChI is InChI=1S/C11H17N5S/c1-7(2)4-5-17-10-8-9(14-6-13-8)15-11(12-3)16-10/h6-7H,4-5H2,1-3H3,(H2,12,13,14,15,16). The predicted molar refractivity (Wildman–Crippen MR) is 71.4 cm³/mol. The van der Waals surface area contributed by atoms with Gasteiger partial charge < -0.3 is 10.3 Å². The number of thioether (sulfide) groups is 1. The van der Waals surface area contributed by atoms with Crippen molar-refractivity contribution in [2.24, 2.45) is 5.92 Å². The van der Waals surface area contributed by atoms with Crippen LogP contribution in [-0.2, 0) is 0 Å². The van der Waals surface area contributed by atoms with Crippen molar-refractivity contribution in [3.8, 4) is 0 Å². The largest absolute Gasteiger partial charge is 0.357 e. The molecular formula is C11H17N5S. The summed E-state index contributed by atoms with van der Waals surface area (Å²) >= 11 is 1.75. The van der Waals surface area contributed by atoms with Crippen LogP contribution in [-0.4, -0.2) is 32.7 Å². The fourth-order valence-electron chi connectivity index (χ4n) is 1.41. The number of imidazole rings is 1. The van der Waals surface area contributed by atoms with Crippen LogP contribution in [0.15, 0.2) is 11.4 Å². The minimum absolute atomic E-state index is 0.622. The molecule has 17 heavy (non-hydrogen) atoms. The highest BCUT2D eigenvalue weighted by Gasteiger charge is 2.09. The molecule has 0 aliphatic carbocycles. The Morgan fingerprint density at radius 3 is 2.94 bits per heavy atom. The zero-order valence-corrected chi connectivity index (χ0v) is 11.1. The lowest BCUT2D eigenvalue weighted by Gasteiger charge is -2.06. The van der Waals surface area contributed by atoms with Gasteiger partial charge in [0.05, 0.1) is 6.33 Å². The molecule has 6 heteroatoms. The number of H-pyrrole nitrogens is 1. The first-order chi connectivity index (χ1) is 8.20. The first kappa shape index (κ1) is 12.2. The van der Waals surface area contributed by atoms with Gasteiger partial charge in [-0.25, -0.2) is 9.97 Å². The summed E-state index contributed by atoms with van der Waals surface area (Å²) in [5.41, 5.74) is 1.65. The Morgan fingerprint density at radius 2 is 2.24 bits per heavy atom. The van der Waals surface area contributed by atoms with Crippen molar-refractivity contribution >= 4 is 28.9 Å². The first-order valence-corrected chi connectivity index (χ1v) is 6.71. The lowest BCUT2D eigenvalue weighted by Crippen LogP contribution is -1.99. The second kappa shape index (κ2) is 5.35. The third-order valence-corrected chi connectivity index (χ3v) is 3.42. The Bertz CT molecular complexity index is 494. The van der Waals surface area contributed by atoms with E-state index in [1.165, 1.54) is 6.42 Å². The third kappa shape index (κ3) is 2.88. The van der Waals surface area contributed by atoms with Crippen LogP contribution < -0.4 is 5.32 Å². The van der Waals surface area contributed by atoms with Gasteiger partial charge in [-0.1, -0.05) is 13.8 Å². The van der Waals surface area contributed by atoms with Crippen molar-refractivity contribution in [1.82, 2.24) is 19.9 Å². The minimum atomic E-state index is 0.622. The molecule has 0 amide bonds. The quantitative estimate of drug-likeness (QED) is 0.631. The Labute approximate surface area is 105 Å². The number of nitrogens with one attached hydrogen (secondary N) is 2. The zero-order chi connectivity index (χ0) is 12.3. The fourth-order valence-corrected chi connectivity index (χ4v) is 2.64. The van der Waals surface area contributed by atoms with Gasteiger partial charge in [-0.15, -0.1) is 11.8 Å². The summed E-state index contributed by atoms with van der Waals surface area (Å²) in [6, 6.07) is 0. The molecule has 0 radical (unpaired) electrons. The van der Waals surface area contributed by atoms with E-state index < -0.39 is 0 Å². The average molecular weight is 251 g/mol. The molecule has 0 atom stereocenters. The second-order valence-electron chi connectivity index (χ2n) is 4.23. The molecule has 5 nitrogen and oxygen atoms in total. The highest BCUT2D eigenvalue weighted by Crippen LogP contribution is 2.25. The summed E-state index contributed by atoms with van der Waals surface area (Å²) in [6.45, 7) is 4.46. The number of hydrogen-bond acceptors (Lipinski definition) is 5. The molecule has 2 rings (SSSR count). The van der Waals surface area contributed by atoms with E-state index in [4.69, 9.17) is 0 Å². The maximum atomic E-state index is 4.46. The normalized spacial score (nSPS) is 11.3. The number of rotatable bonds is 5. The molecule has 0 aliphatic rings. The van der Waals surface area contributed by atoms with E-state index in [9.17, 15) is 0 Å². The highest BCUT2D eigenvalue weighted by atomic mass is 32.2. The lowest BCUT2D eigenvalue weighted by molar-refractivity contribution is 0.632. The van der Waals surface area contributed by atoms with Gasteiger partial charge in [0.2, 0.25) is 5.95 Å². The van der Waals surface area contributed by atoms with Gasteiger partial charge >= 0.3 is 0 Å². The van der Waals surface area contributed by atoms with Gasteiger partial charge in [-0.05, 0) is 18.1 Å². The van der Waals surface area contributed by atoms with Gasteiger partial charge in [0.1, 0.15) is 10.5 Å². The summed E-state index contributed by atoms with van der Waals surface area (Å²) in [4.78, 5) is 16.0. The van der Waals surface area contributed by atoms with Crippen LogP contribution in [0.4, 0.5) is 5.95 Å². The van der Waals surface area contributed by atoms with Crippen molar-refractivity contribution in [2.45, 2.75) is 25.3 Å². The number of aromatic amines is 1. The Kier molecular flexibility index (Phi) is 3.83. The maximum absolute atomic E-state index is 4.46. The molecule has 0 saturated carbocycles. The van der Waals surface area contributed by atoms with E-state index in [0.717, 1.165) is 21.9 Å². The smallest absolute Gasteiger partial charge is 0.225 e. The molecule has 2 aromatic rings. The topological polar surface area (TPSA) is 66.5 Å². The van der Waals surface area contributed by atoms with Gasteiger partial charge in [-0.3, -0.25) is 0 Å². The summed E-state index contributed by atoms with van der Waals surface area (Å²) in [5.74, 6) is 2.40. The molecule has 0 unspecified atom stereocenters. The number of aromatic nitrogens is 4. The third-order valence-electron chi connectivity index (χ3n) is 2.41.